The molecule has 0 saturated carbocycles. The van der Waals surface area contributed by atoms with Crippen LogP contribution in [0.1, 0.15) is 15.3 Å². The summed E-state index contributed by atoms with van der Waals surface area (Å²) in [6.45, 7) is 6.53. The first-order chi connectivity index (χ1) is 4.13. The fourth-order valence-electron chi connectivity index (χ4n) is 0.770. The fraction of sp³-hybridized carbons (Fsp3) is 0.429. The molecule has 0 amide bonds. The molecule has 0 aliphatic rings. The monoisotopic (exact) mass is 252 g/mol. The molecular weight excluding hydrogens is 243 g/mol. The van der Waals surface area contributed by atoms with Crippen molar-refractivity contribution in [3.05, 3.63) is 18.9 Å². The molecule has 1 aromatic rings. The molecule has 1 rings (SSSR count). The summed E-state index contributed by atoms with van der Waals surface area (Å²) in [5.41, 5.74) is 1.46. The van der Waals surface area contributed by atoms with Crippen LogP contribution < -0.4 is 0 Å². The molecule has 1 aromatic heterocycles. The van der Waals surface area contributed by atoms with E-state index in [4.69, 9.17) is 0 Å². The van der Waals surface area contributed by atoms with Crippen LogP contribution in [0.5, 0.6) is 0 Å². The second-order valence-corrected chi connectivity index (χ2v) is 4.66. The summed E-state index contributed by atoms with van der Waals surface area (Å²) < 4.78 is 1.44. The lowest BCUT2D eigenvalue weighted by molar-refractivity contribution is 1.39. The lowest BCUT2D eigenvalue weighted by atomic mass is 10.3. The number of aryl methyl sites for hydroxylation is 2. The van der Waals surface area contributed by atoms with Gasteiger partial charge in [-0.1, -0.05) is 0 Å². The van der Waals surface area contributed by atoms with Gasteiger partial charge >= 0.3 is 0 Å². The molecule has 0 saturated heterocycles. The Bertz CT molecular complexity index is 203. The topological polar surface area (TPSA) is 0 Å². The van der Waals surface area contributed by atoms with Crippen LogP contribution in [0.25, 0.3) is 0 Å². The van der Waals surface area contributed by atoms with E-state index in [1.807, 2.05) is 11.3 Å². The molecule has 0 N–H and O–H groups in total. The summed E-state index contributed by atoms with van der Waals surface area (Å²) >= 11 is 4.29. The van der Waals surface area contributed by atoms with Gasteiger partial charge in [0, 0.05) is 13.3 Å². The van der Waals surface area contributed by atoms with Gasteiger partial charge in [0.15, 0.2) is 0 Å². The molecule has 0 bridgehead atoms. The minimum absolute atomic E-state index is 1.44. The third-order valence-corrected chi connectivity index (χ3v) is 4.58. The zero-order chi connectivity index (χ0) is 7.02. The quantitative estimate of drug-likeness (QED) is 0.621. The summed E-state index contributed by atoms with van der Waals surface area (Å²) in [6.07, 6.45) is 0. The maximum atomic E-state index is 2.40. The van der Waals surface area contributed by atoms with Gasteiger partial charge in [-0.15, -0.1) is 11.3 Å². The van der Waals surface area contributed by atoms with Gasteiger partial charge in [0.2, 0.25) is 0 Å². The molecule has 0 nitrogen and oxygen atoms in total. The van der Waals surface area contributed by atoms with Gasteiger partial charge in [-0.25, -0.2) is 0 Å². The Balaban J connectivity index is 3.29. The van der Waals surface area contributed by atoms with Crippen molar-refractivity contribution < 1.29 is 0 Å². The first-order valence-electron chi connectivity index (χ1n) is 2.85. The fourth-order valence-corrected chi connectivity index (χ4v) is 2.64. The Morgan fingerprint density at radius 3 is 1.78 bits per heavy atom. The van der Waals surface area contributed by atoms with Gasteiger partial charge < -0.3 is 0 Å². The first kappa shape index (κ1) is 7.54. The average molecular weight is 252 g/mol. The van der Waals surface area contributed by atoms with Crippen LogP contribution in [0.15, 0.2) is 0 Å². The van der Waals surface area contributed by atoms with Gasteiger partial charge in [-0.05, 0) is 48.9 Å². The number of thiophene rings is 1. The zero-order valence-electron chi connectivity index (χ0n) is 5.79. The molecule has 0 fully saturated rings. The second-order valence-electron chi connectivity index (χ2n) is 2.15. The lowest BCUT2D eigenvalue weighted by Crippen LogP contribution is -1.72. The van der Waals surface area contributed by atoms with Crippen LogP contribution in [0.4, 0.5) is 0 Å². The van der Waals surface area contributed by atoms with Crippen LogP contribution >= 0.6 is 33.9 Å². The predicted molar refractivity (Wildman–Crippen MR) is 51.2 cm³/mol. The van der Waals surface area contributed by atoms with Gasteiger partial charge in [0.05, 0.1) is 0 Å². The standard InChI is InChI=1S/C7H9IS/c1-4-5(2)9-6(3)7(4)8/h1-3H3. The van der Waals surface area contributed by atoms with Crippen LogP contribution in [0.3, 0.4) is 0 Å². The Morgan fingerprint density at radius 1 is 1.11 bits per heavy atom. The summed E-state index contributed by atoms with van der Waals surface area (Å²) in [7, 11) is 0. The molecule has 50 valence electrons. The van der Waals surface area contributed by atoms with Crippen molar-refractivity contribution in [1.29, 1.82) is 0 Å². The first-order valence-corrected chi connectivity index (χ1v) is 4.74. The van der Waals surface area contributed by atoms with E-state index in [0.717, 1.165) is 0 Å². The van der Waals surface area contributed by atoms with Crippen LogP contribution in [-0.2, 0) is 0 Å². The number of hydrogen-bond donors (Lipinski definition) is 0. The van der Waals surface area contributed by atoms with Gasteiger partial charge in [-0.3, -0.25) is 0 Å². The normalized spacial score (nSPS) is 10.2. The van der Waals surface area contributed by atoms with Gasteiger partial charge in [0.1, 0.15) is 0 Å². The third kappa shape index (κ3) is 1.29. The van der Waals surface area contributed by atoms with Crippen LogP contribution in [0.2, 0.25) is 0 Å². The van der Waals surface area contributed by atoms with E-state index in [1.165, 1.54) is 18.9 Å². The Kier molecular flexibility index (Phi) is 2.16. The minimum Gasteiger partial charge on any atom is -0.145 e. The molecule has 0 spiro atoms. The van der Waals surface area contributed by atoms with E-state index in [1.54, 1.807) is 0 Å². The smallest absolute Gasteiger partial charge is 0.0298 e. The molecule has 1 heterocycles. The molecule has 0 radical (unpaired) electrons. The maximum absolute atomic E-state index is 2.40. The molecule has 0 atom stereocenters. The van der Waals surface area contributed by atoms with Crippen molar-refractivity contribution in [2.24, 2.45) is 0 Å². The third-order valence-electron chi connectivity index (χ3n) is 1.47. The second kappa shape index (κ2) is 2.58. The zero-order valence-corrected chi connectivity index (χ0v) is 8.76. The van der Waals surface area contributed by atoms with Crippen LogP contribution in [0, 0.1) is 24.3 Å². The largest absolute Gasteiger partial charge is 0.145 e. The number of rotatable bonds is 0. The van der Waals surface area contributed by atoms with E-state index in [2.05, 4.69) is 43.4 Å². The predicted octanol–water partition coefficient (Wildman–Crippen LogP) is 3.28. The van der Waals surface area contributed by atoms with E-state index in [9.17, 15) is 0 Å². The molecular formula is C7H9IS. The Hall–Kier alpha value is 0.430. The molecule has 9 heavy (non-hydrogen) atoms. The van der Waals surface area contributed by atoms with E-state index < -0.39 is 0 Å². The van der Waals surface area contributed by atoms with Crippen molar-refractivity contribution in [3.8, 4) is 0 Å². The summed E-state index contributed by atoms with van der Waals surface area (Å²) in [5.74, 6) is 0. The highest BCUT2D eigenvalue weighted by Gasteiger charge is 2.03. The molecule has 0 aliphatic heterocycles. The van der Waals surface area contributed by atoms with Crippen molar-refractivity contribution in [1.82, 2.24) is 0 Å². The average Bonchev–Trinajstić information content (AvgIpc) is 1.98. The van der Waals surface area contributed by atoms with E-state index >= 15 is 0 Å². The molecule has 0 aliphatic carbocycles. The van der Waals surface area contributed by atoms with Gasteiger partial charge in [-0.2, -0.15) is 0 Å². The lowest BCUT2D eigenvalue weighted by Gasteiger charge is -1.86. The van der Waals surface area contributed by atoms with E-state index in [-0.39, 0.29) is 0 Å². The van der Waals surface area contributed by atoms with Crippen molar-refractivity contribution in [2.45, 2.75) is 20.8 Å². The molecule has 0 unspecified atom stereocenters. The van der Waals surface area contributed by atoms with Crippen LogP contribution in [-0.4, -0.2) is 0 Å². The highest BCUT2D eigenvalue weighted by Crippen LogP contribution is 2.27. The Labute approximate surface area is 73.4 Å². The highest BCUT2D eigenvalue weighted by molar-refractivity contribution is 14.1. The molecule has 2 heteroatoms. The van der Waals surface area contributed by atoms with Crippen molar-refractivity contribution in [3.63, 3.8) is 0 Å². The molecule has 0 aromatic carbocycles. The van der Waals surface area contributed by atoms with Gasteiger partial charge in [0.25, 0.3) is 0 Å². The minimum atomic E-state index is 1.44. The number of halogens is 1. The summed E-state index contributed by atoms with van der Waals surface area (Å²) in [5, 5.41) is 0. The maximum Gasteiger partial charge on any atom is 0.0298 e. The van der Waals surface area contributed by atoms with E-state index in [0.29, 0.717) is 0 Å². The summed E-state index contributed by atoms with van der Waals surface area (Å²) in [4.78, 5) is 2.91. The SMILES string of the molecule is Cc1sc(C)c(I)c1C. The van der Waals surface area contributed by atoms with Crippen molar-refractivity contribution >= 4 is 33.9 Å². The summed E-state index contributed by atoms with van der Waals surface area (Å²) in [6, 6.07) is 0. The highest BCUT2D eigenvalue weighted by atomic mass is 127. The van der Waals surface area contributed by atoms with Crippen molar-refractivity contribution in [2.75, 3.05) is 0 Å². The number of hydrogen-bond acceptors (Lipinski definition) is 1. The Morgan fingerprint density at radius 2 is 1.67 bits per heavy atom.